The van der Waals surface area contributed by atoms with E-state index in [-0.39, 0.29) is 27.8 Å². The van der Waals surface area contributed by atoms with Crippen molar-refractivity contribution in [1.82, 2.24) is 19.4 Å². The van der Waals surface area contributed by atoms with Gasteiger partial charge in [0.1, 0.15) is 4.90 Å². The summed E-state index contributed by atoms with van der Waals surface area (Å²) in [7, 11) is -3.75. The molecule has 4 rings (SSSR count). The van der Waals surface area contributed by atoms with E-state index in [2.05, 4.69) is 9.62 Å². The number of rotatable bonds is 6. The molecule has 1 aromatic carbocycles. The van der Waals surface area contributed by atoms with Crippen LogP contribution in [-0.4, -0.2) is 86.8 Å². The minimum absolute atomic E-state index is 0.0400. The first-order valence-corrected chi connectivity index (χ1v) is 12.3. The molecular formula is C20H27ClN4O4S. The fourth-order valence-corrected chi connectivity index (χ4v) is 5.71. The van der Waals surface area contributed by atoms with Gasteiger partial charge in [-0.3, -0.25) is 14.5 Å². The van der Waals surface area contributed by atoms with Crippen LogP contribution in [0.4, 0.5) is 0 Å². The van der Waals surface area contributed by atoms with Crippen LogP contribution >= 0.6 is 11.6 Å². The number of piperazine rings is 1. The molecule has 3 fully saturated rings. The van der Waals surface area contributed by atoms with Crippen molar-refractivity contribution < 1.29 is 18.0 Å². The first kappa shape index (κ1) is 21.5. The van der Waals surface area contributed by atoms with Crippen molar-refractivity contribution in [3.63, 3.8) is 0 Å². The summed E-state index contributed by atoms with van der Waals surface area (Å²) in [6.07, 6.45) is 3.78. The number of amides is 2. The van der Waals surface area contributed by atoms with Crippen LogP contribution in [0.3, 0.4) is 0 Å². The van der Waals surface area contributed by atoms with Crippen molar-refractivity contribution in [2.24, 2.45) is 0 Å². The normalized spacial score (nSPS) is 20.6. The summed E-state index contributed by atoms with van der Waals surface area (Å²) in [5.41, 5.74) is 0.303. The highest BCUT2D eigenvalue weighted by Gasteiger charge is 2.31. The van der Waals surface area contributed by atoms with E-state index in [1.807, 2.05) is 4.90 Å². The number of sulfonamides is 1. The smallest absolute Gasteiger partial charge is 0.253 e. The molecule has 2 aliphatic heterocycles. The molecule has 1 N–H and O–H groups in total. The number of halogens is 1. The molecular weight excluding hydrogens is 428 g/mol. The Morgan fingerprint density at radius 1 is 1.00 bits per heavy atom. The van der Waals surface area contributed by atoms with Crippen LogP contribution in [0, 0.1) is 0 Å². The van der Waals surface area contributed by atoms with Gasteiger partial charge < -0.3 is 9.80 Å². The lowest BCUT2D eigenvalue weighted by Gasteiger charge is -2.35. The van der Waals surface area contributed by atoms with Gasteiger partial charge in [0, 0.05) is 50.9 Å². The van der Waals surface area contributed by atoms with Gasteiger partial charge in [-0.25, -0.2) is 13.1 Å². The van der Waals surface area contributed by atoms with Crippen LogP contribution in [-0.2, 0) is 14.8 Å². The molecule has 2 amide bonds. The number of hydrogen-bond donors (Lipinski definition) is 1. The molecule has 0 atom stereocenters. The van der Waals surface area contributed by atoms with Crippen molar-refractivity contribution in [3.05, 3.63) is 28.8 Å². The third-order valence-corrected chi connectivity index (χ3v) is 7.85. The number of nitrogens with one attached hydrogen (secondary N) is 1. The van der Waals surface area contributed by atoms with Crippen molar-refractivity contribution in [3.8, 4) is 0 Å². The maximum atomic E-state index is 12.9. The lowest BCUT2D eigenvalue weighted by Crippen LogP contribution is -2.51. The standard InChI is InChI=1S/C20H27ClN4O4S/c21-17-6-3-15(13-18(17)30(28,29)22-16-4-5-16)20(27)25-11-9-23(10-12-25)14-19(26)24-7-1-2-8-24/h3,6,13,16,22H,1-2,4-5,7-12,14H2. The van der Waals surface area contributed by atoms with E-state index >= 15 is 0 Å². The van der Waals surface area contributed by atoms with Gasteiger partial charge in [0.25, 0.3) is 5.91 Å². The minimum atomic E-state index is -3.75. The zero-order valence-electron chi connectivity index (χ0n) is 16.8. The monoisotopic (exact) mass is 454 g/mol. The summed E-state index contributed by atoms with van der Waals surface area (Å²) in [5, 5.41) is 0.102. The molecule has 8 nitrogen and oxygen atoms in total. The molecule has 3 aliphatic rings. The highest BCUT2D eigenvalue weighted by Crippen LogP contribution is 2.27. The Hall–Kier alpha value is -1.68. The molecule has 1 aromatic rings. The predicted molar refractivity (Wildman–Crippen MR) is 113 cm³/mol. The number of carbonyl (C=O) groups is 2. The summed E-state index contributed by atoms with van der Waals surface area (Å²) in [6, 6.07) is 4.34. The Bertz CT molecular complexity index is 921. The minimum Gasteiger partial charge on any atom is -0.342 e. The second-order valence-corrected chi connectivity index (χ2v) is 10.3. The fourth-order valence-electron chi connectivity index (χ4n) is 3.88. The third kappa shape index (κ3) is 4.96. The molecule has 30 heavy (non-hydrogen) atoms. The van der Waals surface area contributed by atoms with Gasteiger partial charge >= 0.3 is 0 Å². The summed E-state index contributed by atoms with van der Waals surface area (Å²) in [4.78, 5) is 30.9. The highest BCUT2D eigenvalue weighted by atomic mass is 35.5. The van der Waals surface area contributed by atoms with E-state index in [0.29, 0.717) is 38.3 Å². The first-order valence-electron chi connectivity index (χ1n) is 10.4. The maximum Gasteiger partial charge on any atom is 0.253 e. The van der Waals surface area contributed by atoms with Crippen molar-refractivity contribution >= 4 is 33.4 Å². The average molecular weight is 455 g/mol. The van der Waals surface area contributed by atoms with E-state index < -0.39 is 10.0 Å². The lowest BCUT2D eigenvalue weighted by molar-refractivity contribution is -0.131. The van der Waals surface area contributed by atoms with Gasteiger partial charge in [0.15, 0.2) is 0 Å². The zero-order chi connectivity index (χ0) is 21.3. The van der Waals surface area contributed by atoms with Crippen LogP contribution in [0.2, 0.25) is 5.02 Å². The van der Waals surface area contributed by atoms with Crippen LogP contribution in [0.25, 0.3) is 0 Å². The molecule has 0 unspecified atom stereocenters. The Labute approximate surface area is 182 Å². The van der Waals surface area contributed by atoms with Gasteiger partial charge in [-0.15, -0.1) is 0 Å². The molecule has 2 heterocycles. The molecule has 10 heteroatoms. The van der Waals surface area contributed by atoms with Gasteiger partial charge in [0.2, 0.25) is 15.9 Å². The number of benzene rings is 1. The highest BCUT2D eigenvalue weighted by molar-refractivity contribution is 7.89. The van der Waals surface area contributed by atoms with Crippen molar-refractivity contribution in [2.45, 2.75) is 36.6 Å². The van der Waals surface area contributed by atoms with E-state index in [1.165, 1.54) is 12.1 Å². The van der Waals surface area contributed by atoms with Crippen LogP contribution in [0.1, 0.15) is 36.0 Å². The SMILES string of the molecule is O=C(CN1CCN(C(=O)c2ccc(Cl)c(S(=O)(=O)NC3CC3)c2)CC1)N1CCCC1. The van der Waals surface area contributed by atoms with Crippen molar-refractivity contribution in [2.75, 3.05) is 45.8 Å². The quantitative estimate of drug-likeness (QED) is 0.696. The van der Waals surface area contributed by atoms with E-state index in [1.54, 1.807) is 11.0 Å². The molecule has 1 aliphatic carbocycles. The number of nitrogens with zero attached hydrogens (tertiary/aromatic N) is 3. The summed E-state index contributed by atoms with van der Waals surface area (Å²) < 4.78 is 27.7. The molecule has 2 saturated heterocycles. The Morgan fingerprint density at radius 2 is 1.67 bits per heavy atom. The molecule has 0 bridgehead atoms. The Kier molecular flexibility index (Phi) is 6.34. The van der Waals surface area contributed by atoms with Gasteiger partial charge in [-0.1, -0.05) is 11.6 Å². The first-order chi connectivity index (χ1) is 14.3. The summed E-state index contributed by atoms with van der Waals surface area (Å²) in [5.74, 6) is -0.0666. The van der Waals surface area contributed by atoms with Crippen LogP contribution in [0.15, 0.2) is 23.1 Å². The number of hydrogen-bond acceptors (Lipinski definition) is 5. The van der Waals surface area contributed by atoms with Crippen LogP contribution in [0.5, 0.6) is 0 Å². The Balaban J connectivity index is 1.37. The van der Waals surface area contributed by atoms with Crippen molar-refractivity contribution in [1.29, 1.82) is 0 Å². The van der Waals surface area contributed by atoms with Gasteiger partial charge in [0.05, 0.1) is 11.6 Å². The average Bonchev–Trinajstić information content (AvgIpc) is 3.34. The fraction of sp³-hybridized carbons (Fsp3) is 0.600. The molecule has 1 saturated carbocycles. The third-order valence-electron chi connectivity index (χ3n) is 5.84. The largest absolute Gasteiger partial charge is 0.342 e. The summed E-state index contributed by atoms with van der Waals surface area (Å²) in [6.45, 7) is 4.30. The zero-order valence-corrected chi connectivity index (χ0v) is 18.4. The van der Waals surface area contributed by atoms with E-state index in [4.69, 9.17) is 11.6 Å². The van der Waals surface area contributed by atoms with E-state index in [0.717, 1.165) is 38.8 Å². The molecule has 0 spiro atoms. The second-order valence-electron chi connectivity index (χ2n) is 8.20. The Morgan fingerprint density at radius 3 is 2.30 bits per heavy atom. The van der Waals surface area contributed by atoms with E-state index in [9.17, 15) is 18.0 Å². The second kappa shape index (κ2) is 8.82. The summed E-state index contributed by atoms with van der Waals surface area (Å²) >= 11 is 6.11. The number of carbonyl (C=O) groups excluding carboxylic acids is 2. The molecule has 0 radical (unpaired) electrons. The molecule has 164 valence electrons. The van der Waals surface area contributed by atoms with Gasteiger partial charge in [-0.2, -0.15) is 0 Å². The van der Waals surface area contributed by atoms with Crippen LogP contribution < -0.4 is 4.72 Å². The molecule has 0 aromatic heterocycles. The predicted octanol–water partition coefficient (Wildman–Crippen LogP) is 1.16. The topological polar surface area (TPSA) is 90.0 Å². The number of likely N-dealkylation sites (tertiary alicyclic amines) is 1. The maximum absolute atomic E-state index is 12.9. The van der Waals surface area contributed by atoms with Gasteiger partial charge in [-0.05, 0) is 43.9 Å². The lowest BCUT2D eigenvalue weighted by atomic mass is 10.2.